The van der Waals surface area contributed by atoms with E-state index >= 15 is 0 Å². The monoisotopic (exact) mass is 276 g/mol. The number of carboxylic acids is 1. The first-order chi connectivity index (χ1) is 9.58. The number of carbonyl (C=O) groups excluding carboxylic acids is 1. The van der Waals surface area contributed by atoms with Crippen molar-refractivity contribution in [2.45, 2.75) is 12.8 Å². The van der Waals surface area contributed by atoms with Crippen molar-refractivity contribution in [3.05, 3.63) is 35.4 Å². The van der Waals surface area contributed by atoms with E-state index in [0.717, 1.165) is 19.6 Å². The van der Waals surface area contributed by atoms with Crippen LogP contribution in [0.1, 0.15) is 33.6 Å². The molecule has 1 amide bonds. The van der Waals surface area contributed by atoms with E-state index in [-0.39, 0.29) is 11.5 Å². The minimum Gasteiger partial charge on any atom is -0.478 e. The van der Waals surface area contributed by atoms with E-state index in [2.05, 4.69) is 4.90 Å². The van der Waals surface area contributed by atoms with Crippen molar-refractivity contribution in [3.8, 4) is 0 Å². The molecular formula is C15H20N2O3. The molecule has 0 bridgehead atoms. The van der Waals surface area contributed by atoms with Gasteiger partial charge in [0.25, 0.3) is 5.91 Å². The summed E-state index contributed by atoms with van der Waals surface area (Å²) in [7, 11) is 1.76. The predicted molar refractivity (Wildman–Crippen MR) is 76.0 cm³/mol. The predicted octanol–water partition coefficient (Wildman–Crippen LogP) is 1.55. The van der Waals surface area contributed by atoms with E-state index < -0.39 is 5.97 Å². The van der Waals surface area contributed by atoms with Crippen molar-refractivity contribution in [2.75, 3.05) is 33.2 Å². The lowest BCUT2D eigenvalue weighted by Crippen LogP contribution is -2.35. The van der Waals surface area contributed by atoms with E-state index in [4.69, 9.17) is 5.11 Å². The highest BCUT2D eigenvalue weighted by atomic mass is 16.4. The molecule has 0 radical (unpaired) electrons. The Hall–Kier alpha value is -1.88. The maximum atomic E-state index is 12.2. The molecule has 1 aliphatic rings. The zero-order valence-electron chi connectivity index (χ0n) is 11.7. The molecule has 5 nitrogen and oxygen atoms in total. The SMILES string of the molecule is CN(CCN1CCCC1)C(=O)c1cccc(C(=O)O)c1. The highest BCUT2D eigenvalue weighted by Crippen LogP contribution is 2.10. The van der Waals surface area contributed by atoms with Crippen LogP contribution < -0.4 is 0 Å². The van der Waals surface area contributed by atoms with E-state index in [1.807, 2.05) is 0 Å². The van der Waals surface area contributed by atoms with Crippen molar-refractivity contribution >= 4 is 11.9 Å². The fraction of sp³-hybridized carbons (Fsp3) is 0.467. The first kappa shape index (κ1) is 14.5. The second kappa shape index (κ2) is 6.52. The summed E-state index contributed by atoms with van der Waals surface area (Å²) in [5.41, 5.74) is 0.567. The molecule has 108 valence electrons. The molecule has 0 atom stereocenters. The van der Waals surface area contributed by atoms with Gasteiger partial charge in [0.2, 0.25) is 0 Å². The lowest BCUT2D eigenvalue weighted by atomic mass is 10.1. The average Bonchev–Trinajstić information content (AvgIpc) is 2.97. The van der Waals surface area contributed by atoms with Gasteiger partial charge in [0, 0.05) is 25.7 Å². The number of nitrogens with zero attached hydrogens (tertiary/aromatic N) is 2. The molecule has 1 aromatic rings. The largest absolute Gasteiger partial charge is 0.478 e. The van der Waals surface area contributed by atoms with Crippen LogP contribution in [0.15, 0.2) is 24.3 Å². The molecule has 1 saturated heterocycles. The van der Waals surface area contributed by atoms with Crippen molar-refractivity contribution in [3.63, 3.8) is 0 Å². The van der Waals surface area contributed by atoms with Gasteiger partial charge < -0.3 is 14.9 Å². The number of amides is 1. The lowest BCUT2D eigenvalue weighted by Gasteiger charge is -2.21. The molecule has 0 spiro atoms. The van der Waals surface area contributed by atoms with Gasteiger partial charge >= 0.3 is 5.97 Å². The Morgan fingerprint density at radius 2 is 1.90 bits per heavy atom. The zero-order valence-corrected chi connectivity index (χ0v) is 11.7. The standard InChI is InChI=1S/C15H20N2O3/c1-16(9-10-17-7-2-3-8-17)14(18)12-5-4-6-13(11-12)15(19)20/h4-6,11H,2-3,7-10H2,1H3,(H,19,20). The van der Waals surface area contributed by atoms with Crippen LogP contribution in [0.5, 0.6) is 0 Å². The van der Waals surface area contributed by atoms with Gasteiger partial charge in [0.05, 0.1) is 5.56 Å². The molecule has 0 aromatic heterocycles. The van der Waals surface area contributed by atoms with Crippen LogP contribution in [0.4, 0.5) is 0 Å². The first-order valence-electron chi connectivity index (χ1n) is 6.89. The minimum atomic E-state index is -1.01. The second-order valence-electron chi connectivity index (χ2n) is 5.16. The van der Waals surface area contributed by atoms with Gasteiger partial charge in [-0.15, -0.1) is 0 Å². The molecule has 5 heteroatoms. The zero-order chi connectivity index (χ0) is 14.5. The Bertz CT molecular complexity index is 496. The number of carbonyl (C=O) groups is 2. The molecule has 20 heavy (non-hydrogen) atoms. The average molecular weight is 276 g/mol. The third-order valence-electron chi connectivity index (χ3n) is 3.65. The minimum absolute atomic E-state index is 0.132. The number of hydrogen-bond acceptors (Lipinski definition) is 3. The summed E-state index contributed by atoms with van der Waals surface area (Å²) >= 11 is 0. The molecule has 1 heterocycles. The molecule has 0 saturated carbocycles. The number of rotatable bonds is 5. The van der Waals surface area contributed by atoms with Gasteiger partial charge in [0.15, 0.2) is 0 Å². The topological polar surface area (TPSA) is 60.9 Å². The van der Waals surface area contributed by atoms with E-state index in [1.54, 1.807) is 24.1 Å². The normalized spacial score (nSPS) is 15.2. The van der Waals surface area contributed by atoms with Gasteiger partial charge in [-0.3, -0.25) is 4.79 Å². The summed E-state index contributed by atoms with van der Waals surface area (Å²) in [6.45, 7) is 3.75. The first-order valence-corrected chi connectivity index (χ1v) is 6.89. The Kier molecular flexibility index (Phi) is 4.74. The molecule has 1 aliphatic heterocycles. The van der Waals surface area contributed by atoms with Crippen LogP contribution in [0.25, 0.3) is 0 Å². The Morgan fingerprint density at radius 3 is 2.55 bits per heavy atom. The van der Waals surface area contributed by atoms with Crippen LogP contribution in [0, 0.1) is 0 Å². The van der Waals surface area contributed by atoms with Crippen molar-refractivity contribution in [2.24, 2.45) is 0 Å². The summed E-state index contributed by atoms with van der Waals surface area (Å²) in [4.78, 5) is 27.1. The molecule has 0 unspecified atom stereocenters. The lowest BCUT2D eigenvalue weighted by molar-refractivity contribution is 0.0697. The Labute approximate surface area is 118 Å². The summed E-state index contributed by atoms with van der Waals surface area (Å²) in [5, 5.41) is 8.94. The van der Waals surface area contributed by atoms with E-state index in [9.17, 15) is 9.59 Å². The number of carboxylic acid groups (broad SMARTS) is 1. The summed E-state index contributed by atoms with van der Waals surface area (Å²) < 4.78 is 0. The number of likely N-dealkylation sites (tertiary alicyclic amines) is 1. The number of benzene rings is 1. The van der Waals surface area contributed by atoms with Gasteiger partial charge in [-0.25, -0.2) is 4.79 Å². The highest BCUT2D eigenvalue weighted by molar-refractivity contribution is 5.97. The third kappa shape index (κ3) is 3.57. The maximum absolute atomic E-state index is 12.2. The van der Waals surface area contributed by atoms with Crippen LogP contribution >= 0.6 is 0 Å². The quantitative estimate of drug-likeness (QED) is 0.886. The van der Waals surface area contributed by atoms with Gasteiger partial charge in [0.1, 0.15) is 0 Å². The molecule has 2 rings (SSSR count). The van der Waals surface area contributed by atoms with Crippen LogP contribution in [-0.2, 0) is 0 Å². The molecule has 1 fully saturated rings. The van der Waals surface area contributed by atoms with Crippen LogP contribution in [-0.4, -0.2) is 60.0 Å². The summed E-state index contributed by atoms with van der Waals surface area (Å²) in [5.74, 6) is -1.15. The van der Waals surface area contributed by atoms with Crippen LogP contribution in [0.3, 0.4) is 0 Å². The Balaban J connectivity index is 1.95. The number of hydrogen-bond donors (Lipinski definition) is 1. The third-order valence-corrected chi connectivity index (χ3v) is 3.65. The van der Waals surface area contributed by atoms with E-state index in [1.165, 1.54) is 25.0 Å². The molecule has 1 aromatic carbocycles. The van der Waals surface area contributed by atoms with Crippen molar-refractivity contribution < 1.29 is 14.7 Å². The van der Waals surface area contributed by atoms with Gasteiger partial charge in [-0.2, -0.15) is 0 Å². The summed E-state index contributed by atoms with van der Waals surface area (Å²) in [6, 6.07) is 6.17. The second-order valence-corrected chi connectivity index (χ2v) is 5.16. The highest BCUT2D eigenvalue weighted by Gasteiger charge is 2.16. The molecule has 1 N–H and O–H groups in total. The molecule has 0 aliphatic carbocycles. The number of likely N-dealkylation sites (N-methyl/N-ethyl adjacent to an activating group) is 1. The van der Waals surface area contributed by atoms with Crippen LogP contribution in [0.2, 0.25) is 0 Å². The van der Waals surface area contributed by atoms with Gasteiger partial charge in [-0.1, -0.05) is 6.07 Å². The fourth-order valence-electron chi connectivity index (χ4n) is 2.40. The molecular weight excluding hydrogens is 256 g/mol. The Morgan fingerprint density at radius 1 is 1.25 bits per heavy atom. The van der Waals surface area contributed by atoms with E-state index in [0.29, 0.717) is 12.1 Å². The van der Waals surface area contributed by atoms with Crippen molar-refractivity contribution in [1.82, 2.24) is 9.80 Å². The summed E-state index contributed by atoms with van der Waals surface area (Å²) in [6.07, 6.45) is 2.47. The van der Waals surface area contributed by atoms with Crippen molar-refractivity contribution in [1.29, 1.82) is 0 Å². The smallest absolute Gasteiger partial charge is 0.335 e. The number of aromatic carboxylic acids is 1. The fourth-order valence-corrected chi connectivity index (χ4v) is 2.40. The van der Waals surface area contributed by atoms with Gasteiger partial charge in [-0.05, 0) is 44.1 Å². The maximum Gasteiger partial charge on any atom is 0.335 e.